The molecule has 0 radical (unpaired) electrons. The van der Waals surface area contributed by atoms with Crippen LogP contribution in [-0.4, -0.2) is 24.6 Å². The lowest BCUT2D eigenvalue weighted by atomic mass is 10.0. The van der Waals surface area contributed by atoms with Gasteiger partial charge in [0.15, 0.2) is 9.84 Å². The fourth-order valence-corrected chi connectivity index (χ4v) is 3.41. The van der Waals surface area contributed by atoms with Gasteiger partial charge in [-0.15, -0.1) is 0 Å². The normalized spacial score (nSPS) is 12.4. The molecule has 1 N–H and O–H groups in total. The Morgan fingerprint density at radius 3 is 2.00 bits per heavy atom. The van der Waals surface area contributed by atoms with Gasteiger partial charge < -0.3 is 4.98 Å². The van der Waals surface area contributed by atoms with Crippen LogP contribution in [0.2, 0.25) is 0 Å². The molecule has 0 saturated carbocycles. The lowest BCUT2D eigenvalue weighted by Crippen LogP contribution is -2.07. The zero-order valence-electron chi connectivity index (χ0n) is 13.6. The lowest BCUT2D eigenvalue weighted by molar-refractivity contribution is -0.144. The zero-order valence-corrected chi connectivity index (χ0v) is 14.4. The highest BCUT2D eigenvalue weighted by Crippen LogP contribution is 2.37. The predicted octanol–water partition coefficient (Wildman–Crippen LogP) is 4.44. The SMILES string of the molecule is CS(=O)(=O)c1c(F)cc(-c2nc(C(F)(F)F)[nH]c2-c2ccccc2)cc1F. The minimum atomic E-state index is -4.81. The number of nitrogens with one attached hydrogen (secondary N) is 1. The van der Waals surface area contributed by atoms with E-state index in [0.29, 0.717) is 24.0 Å². The van der Waals surface area contributed by atoms with E-state index in [1.165, 1.54) is 12.1 Å². The van der Waals surface area contributed by atoms with Crippen molar-refractivity contribution in [3.05, 3.63) is 59.9 Å². The van der Waals surface area contributed by atoms with Gasteiger partial charge in [-0.2, -0.15) is 13.2 Å². The first-order valence-corrected chi connectivity index (χ1v) is 9.29. The standard InChI is InChI=1S/C17H11F5N2O2S/c1-27(25,26)15-11(18)7-10(8-12(15)19)14-13(9-5-3-2-4-6-9)23-16(24-14)17(20,21)22/h2-8H,1H3,(H,23,24). The van der Waals surface area contributed by atoms with E-state index >= 15 is 0 Å². The summed E-state index contributed by atoms with van der Waals surface area (Å²) in [4.78, 5) is 4.41. The quantitative estimate of drug-likeness (QED) is 0.659. The molecule has 1 heterocycles. The number of rotatable bonds is 3. The summed E-state index contributed by atoms with van der Waals surface area (Å²) in [7, 11) is -4.20. The van der Waals surface area contributed by atoms with Crippen molar-refractivity contribution in [2.75, 3.05) is 6.26 Å². The van der Waals surface area contributed by atoms with Crippen LogP contribution in [0.3, 0.4) is 0 Å². The van der Waals surface area contributed by atoms with Gasteiger partial charge in [0.25, 0.3) is 0 Å². The molecule has 0 bridgehead atoms. The Kier molecular flexibility index (Phi) is 4.54. The van der Waals surface area contributed by atoms with Crippen LogP contribution in [0.1, 0.15) is 5.82 Å². The van der Waals surface area contributed by atoms with E-state index in [4.69, 9.17) is 0 Å². The Balaban J connectivity index is 2.27. The predicted molar refractivity (Wildman–Crippen MR) is 87.5 cm³/mol. The summed E-state index contributed by atoms with van der Waals surface area (Å²) in [6, 6.07) is 9.06. The van der Waals surface area contributed by atoms with E-state index in [9.17, 15) is 30.4 Å². The Morgan fingerprint density at radius 1 is 0.963 bits per heavy atom. The highest BCUT2D eigenvalue weighted by molar-refractivity contribution is 7.90. The molecule has 2 aromatic carbocycles. The molecule has 0 aliphatic heterocycles. The summed E-state index contributed by atoms with van der Waals surface area (Å²) in [6.45, 7) is 0. The number of aromatic amines is 1. The summed E-state index contributed by atoms with van der Waals surface area (Å²) < 4.78 is 90.6. The largest absolute Gasteiger partial charge is 0.449 e. The van der Waals surface area contributed by atoms with Crippen molar-refractivity contribution in [3.63, 3.8) is 0 Å². The fourth-order valence-electron chi connectivity index (χ4n) is 2.58. The van der Waals surface area contributed by atoms with Gasteiger partial charge in [0.1, 0.15) is 16.5 Å². The molecule has 0 fully saturated rings. The molecule has 0 aliphatic rings. The van der Waals surface area contributed by atoms with Crippen molar-refractivity contribution in [1.29, 1.82) is 0 Å². The monoisotopic (exact) mass is 402 g/mol. The molecule has 1 aromatic heterocycles. The molecule has 0 amide bonds. The van der Waals surface area contributed by atoms with Crippen molar-refractivity contribution in [3.8, 4) is 22.5 Å². The minimum Gasteiger partial charge on any atom is -0.334 e. The molecule has 0 saturated heterocycles. The Hall–Kier alpha value is -2.75. The third-order valence-corrected chi connectivity index (χ3v) is 4.81. The van der Waals surface area contributed by atoms with Gasteiger partial charge in [-0.05, 0) is 12.1 Å². The molecule has 0 spiro atoms. The van der Waals surface area contributed by atoms with Crippen LogP contribution in [0.5, 0.6) is 0 Å². The van der Waals surface area contributed by atoms with E-state index in [2.05, 4.69) is 9.97 Å². The van der Waals surface area contributed by atoms with Crippen molar-refractivity contribution in [2.45, 2.75) is 11.1 Å². The number of sulfone groups is 1. The molecule has 0 unspecified atom stereocenters. The highest BCUT2D eigenvalue weighted by Gasteiger charge is 2.36. The van der Waals surface area contributed by atoms with Crippen molar-refractivity contribution in [1.82, 2.24) is 9.97 Å². The van der Waals surface area contributed by atoms with E-state index in [0.717, 1.165) is 0 Å². The van der Waals surface area contributed by atoms with Gasteiger partial charge in [-0.1, -0.05) is 30.3 Å². The summed E-state index contributed by atoms with van der Waals surface area (Å²) in [6.07, 6.45) is -4.19. The summed E-state index contributed by atoms with van der Waals surface area (Å²) in [5.41, 5.74) is -0.480. The second kappa shape index (κ2) is 6.45. The number of benzene rings is 2. The molecule has 3 aromatic rings. The third kappa shape index (κ3) is 3.70. The molecule has 0 aliphatic carbocycles. The van der Waals surface area contributed by atoms with Gasteiger partial charge in [-0.3, -0.25) is 0 Å². The molecular formula is C17H11F5N2O2S. The molecular weight excluding hydrogens is 391 g/mol. The maximum absolute atomic E-state index is 14.2. The number of imidazole rings is 1. The number of alkyl halides is 3. The van der Waals surface area contributed by atoms with E-state index in [1.807, 2.05) is 0 Å². The minimum absolute atomic E-state index is 0.103. The highest BCUT2D eigenvalue weighted by atomic mass is 32.2. The van der Waals surface area contributed by atoms with E-state index in [1.54, 1.807) is 18.2 Å². The number of hydrogen-bond donors (Lipinski definition) is 1. The van der Waals surface area contributed by atoms with Gasteiger partial charge >= 0.3 is 6.18 Å². The first-order chi connectivity index (χ1) is 12.5. The topological polar surface area (TPSA) is 62.8 Å². The smallest absolute Gasteiger partial charge is 0.334 e. The Labute approximate surface area is 150 Å². The molecule has 4 nitrogen and oxygen atoms in total. The van der Waals surface area contributed by atoms with E-state index in [-0.39, 0.29) is 17.0 Å². The maximum atomic E-state index is 14.2. The first-order valence-electron chi connectivity index (χ1n) is 7.40. The molecule has 142 valence electrons. The van der Waals surface area contributed by atoms with Crippen molar-refractivity contribution in [2.24, 2.45) is 0 Å². The van der Waals surface area contributed by atoms with Crippen LogP contribution in [0.15, 0.2) is 47.4 Å². The van der Waals surface area contributed by atoms with Gasteiger partial charge in [0, 0.05) is 17.4 Å². The average molecular weight is 402 g/mol. The maximum Gasteiger partial charge on any atom is 0.449 e. The molecule has 0 atom stereocenters. The van der Waals surface area contributed by atoms with Crippen LogP contribution in [0.4, 0.5) is 22.0 Å². The third-order valence-electron chi connectivity index (χ3n) is 3.68. The zero-order chi connectivity index (χ0) is 20.0. The molecule has 10 heteroatoms. The fraction of sp³-hybridized carbons (Fsp3) is 0.118. The number of halogens is 5. The van der Waals surface area contributed by atoms with Crippen LogP contribution in [-0.2, 0) is 16.0 Å². The number of H-pyrrole nitrogens is 1. The van der Waals surface area contributed by atoms with Crippen molar-refractivity contribution < 1.29 is 30.4 Å². The van der Waals surface area contributed by atoms with Crippen molar-refractivity contribution >= 4 is 9.84 Å². The van der Waals surface area contributed by atoms with Gasteiger partial charge in [-0.25, -0.2) is 22.2 Å². The van der Waals surface area contributed by atoms with Crippen LogP contribution in [0.25, 0.3) is 22.5 Å². The first kappa shape index (κ1) is 19.0. The van der Waals surface area contributed by atoms with Crippen LogP contribution < -0.4 is 0 Å². The second-order valence-corrected chi connectivity index (χ2v) is 7.67. The second-order valence-electron chi connectivity index (χ2n) is 5.71. The summed E-state index contributed by atoms with van der Waals surface area (Å²) >= 11 is 0. The van der Waals surface area contributed by atoms with Crippen LogP contribution in [0, 0.1) is 11.6 Å². The average Bonchev–Trinajstić information content (AvgIpc) is 2.99. The van der Waals surface area contributed by atoms with Gasteiger partial charge in [0.2, 0.25) is 5.82 Å². The Bertz CT molecular complexity index is 1080. The number of nitrogens with zero attached hydrogens (tertiary/aromatic N) is 1. The van der Waals surface area contributed by atoms with Crippen LogP contribution >= 0.6 is 0 Å². The summed E-state index contributed by atoms with van der Waals surface area (Å²) in [5, 5.41) is 0. The summed E-state index contributed by atoms with van der Waals surface area (Å²) in [5.74, 6) is -4.17. The molecule has 27 heavy (non-hydrogen) atoms. The number of aromatic nitrogens is 2. The molecule has 3 rings (SSSR count). The van der Waals surface area contributed by atoms with Gasteiger partial charge in [0.05, 0.1) is 11.4 Å². The number of hydrogen-bond acceptors (Lipinski definition) is 3. The Morgan fingerprint density at radius 2 is 1.52 bits per heavy atom. The lowest BCUT2D eigenvalue weighted by Gasteiger charge is -2.07. The van der Waals surface area contributed by atoms with E-state index < -0.39 is 38.4 Å².